The van der Waals surface area contributed by atoms with Crippen LogP contribution in [0, 0.1) is 6.92 Å². The van der Waals surface area contributed by atoms with Gasteiger partial charge in [0.05, 0.1) is 10.9 Å². The topological polar surface area (TPSA) is 54.9 Å². The molecule has 0 aliphatic carbocycles. The average Bonchev–Trinajstić information content (AvgIpc) is 2.14. The Hall–Kier alpha value is -1.84. The van der Waals surface area contributed by atoms with Crippen molar-refractivity contribution in [1.82, 2.24) is 9.55 Å². The highest BCUT2D eigenvalue weighted by Gasteiger charge is 2.05. The van der Waals surface area contributed by atoms with E-state index >= 15 is 0 Å². The highest BCUT2D eigenvalue weighted by atomic mass is 16.2. The molecule has 0 saturated heterocycles. The highest BCUT2D eigenvalue weighted by Crippen LogP contribution is 2.10. The van der Waals surface area contributed by atoms with E-state index in [4.69, 9.17) is 0 Å². The lowest BCUT2D eigenvalue weighted by molar-refractivity contribution is 0.842. The summed E-state index contributed by atoms with van der Waals surface area (Å²) in [6.45, 7) is 1.85. The van der Waals surface area contributed by atoms with E-state index in [-0.39, 0.29) is 11.2 Å². The van der Waals surface area contributed by atoms with Crippen LogP contribution in [0.1, 0.15) is 5.56 Å². The number of aromatic amines is 1. The molecule has 1 heterocycles. The average molecular weight is 190 g/mol. The minimum Gasteiger partial charge on any atom is -0.296 e. The number of benzene rings is 1. The van der Waals surface area contributed by atoms with Crippen LogP contribution >= 0.6 is 0 Å². The van der Waals surface area contributed by atoms with Crippen molar-refractivity contribution in [2.24, 2.45) is 7.05 Å². The third kappa shape index (κ3) is 1.08. The van der Waals surface area contributed by atoms with E-state index in [9.17, 15) is 9.59 Å². The van der Waals surface area contributed by atoms with Crippen LogP contribution in [0.3, 0.4) is 0 Å². The zero-order valence-corrected chi connectivity index (χ0v) is 8.00. The maximum atomic E-state index is 11.5. The van der Waals surface area contributed by atoms with Crippen molar-refractivity contribution in [3.63, 3.8) is 0 Å². The molecule has 1 N–H and O–H groups in total. The van der Waals surface area contributed by atoms with E-state index in [1.165, 1.54) is 4.57 Å². The molecule has 0 saturated carbocycles. The van der Waals surface area contributed by atoms with Crippen LogP contribution in [0.5, 0.6) is 0 Å². The van der Waals surface area contributed by atoms with Gasteiger partial charge in [-0.05, 0) is 18.6 Å². The van der Waals surface area contributed by atoms with E-state index < -0.39 is 0 Å². The zero-order chi connectivity index (χ0) is 10.3. The number of rotatable bonds is 0. The van der Waals surface area contributed by atoms with Gasteiger partial charge in [-0.3, -0.25) is 14.3 Å². The quantitative estimate of drug-likeness (QED) is 0.659. The minimum absolute atomic E-state index is 0.318. The fourth-order valence-electron chi connectivity index (χ4n) is 1.58. The first kappa shape index (κ1) is 8.74. The second-order valence-corrected chi connectivity index (χ2v) is 3.29. The zero-order valence-electron chi connectivity index (χ0n) is 8.00. The number of fused-ring (bicyclic) bond motifs is 1. The summed E-state index contributed by atoms with van der Waals surface area (Å²) in [6, 6.07) is 5.44. The predicted molar refractivity (Wildman–Crippen MR) is 54.5 cm³/mol. The van der Waals surface area contributed by atoms with Gasteiger partial charge in [-0.25, -0.2) is 4.79 Å². The Balaban J connectivity index is 3.18. The SMILES string of the molecule is Cc1cccc2c1c(=O)[nH]c(=O)n2C. The first-order valence-corrected chi connectivity index (χ1v) is 4.30. The second-order valence-electron chi connectivity index (χ2n) is 3.29. The Morgan fingerprint density at radius 1 is 1.29 bits per heavy atom. The molecule has 4 heteroatoms. The maximum absolute atomic E-state index is 11.5. The van der Waals surface area contributed by atoms with Crippen LogP contribution in [0.2, 0.25) is 0 Å². The summed E-state index contributed by atoms with van der Waals surface area (Å²) >= 11 is 0. The Labute approximate surface area is 79.8 Å². The van der Waals surface area contributed by atoms with Crippen LogP contribution in [0.15, 0.2) is 27.8 Å². The number of hydrogen-bond donors (Lipinski definition) is 1. The molecule has 0 unspecified atom stereocenters. The smallest absolute Gasteiger partial charge is 0.296 e. The molecule has 1 aromatic heterocycles. The number of aromatic nitrogens is 2. The molecule has 1 aromatic carbocycles. The molecule has 0 spiro atoms. The summed E-state index contributed by atoms with van der Waals surface area (Å²) in [4.78, 5) is 25.1. The van der Waals surface area contributed by atoms with Crippen LogP contribution in [-0.4, -0.2) is 9.55 Å². The summed E-state index contributed by atoms with van der Waals surface area (Å²) in [6.07, 6.45) is 0. The van der Waals surface area contributed by atoms with Crippen molar-refractivity contribution in [3.8, 4) is 0 Å². The number of aryl methyl sites for hydroxylation is 2. The molecule has 2 aromatic rings. The van der Waals surface area contributed by atoms with Gasteiger partial charge in [-0.2, -0.15) is 0 Å². The van der Waals surface area contributed by atoms with E-state index in [0.717, 1.165) is 5.56 Å². The standard InChI is InChI=1S/C10H10N2O2/c1-6-4-3-5-7-8(6)9(13)11-10(14)12(7)2/h3-5H,1-2H3,(H,11,13,14). The van der Waals surface area contributed by atoms with Gasteiger partial charge in [0, 0.05) is 7.05 Å². The van der Waals surface area contributed by atoms with Crippen molar-refractivity contribution in [2.45, 2.75) is 6.92 Å². The van der Waals surface area contributed by atoms with Gasteiger partial charge in [0.2, 0.25) is 0 Å². The van der Waals surface area contributed by atoms with Gasteiger partial charge in [0.15, 0.2) is 0 Å². The second kappa shape index (κ2) is 2.83. The van der Waals surface area contributed by atoms with Gasteiger partial charge in [0.1, 0.15) is 0 Å². The van der Waals surface area contributed by atoms with E-state index in [0.29, 0.717) is 10.9 Å². The molecule has 72 valence electrons. The van der Waals surface area contributed by atoms with E-state index in [1.807, 2.05) is 19.1 Å². The van der Waals surface area contributed by atoms with Gasteiger partial charge >= 0.3 is 5.69 Å². The molecule has 0 amide bonds. The van der Waals surface area contributed by atoms with Gasteiger partial charge in [-0.1, -0.05) is 12.1 Å². The lowest BCUT2D eigenvalue weighted by atomic mass is 10.1. The molecular formula is C10H10N2O2. The fourth-order valence-corrected chi connectivity index (χ4v) is 1.58. The van der Waals surface area contributed by atoms with Gasteiger partial charge in [-0.15, -0.1) is 0 Å². The van der Waals surface area contributed by atoms with Crippen molar-refractivity contribution in [3.05, 3.63) is 44.6 Å². The van der Waals surface area contributed by atoms with Crippen LogP contribution < -0.4 is 11.2 Å². The molecule has 0 radical (unpaired) electrons. The molecule has 0 fully saturated rings. The van der Waals surface area contributed by atoms with E-state index in [2.05, 4.69) is 4.98 Å². The van der Waals surface area contributed by atoms with Crippen molar-refractivity contribution >= 4 is 10.9 Å². The Morgan fingerprint density at radius 3 is 2.71 bits per heavy atom. The Morgan fingerprint density at radius 2 is 2.00 bits per heavy atom. The lowest BCUT2D eigenvalue weighted by Gasteiger charge is -2.04. The van der Waals surface area contributed by atoms with Crippen molar-refractivity contribution < 1.29 is 0 Å². The Kier molecular flexibility index (Phi) is 1.77. The van der Waals surface area contributed by atoms with Gasteiger partial charge in [0.25, 0.3) is 5.56 Å². The molecular weight excluding hydrogens is 180 g/mol. The number of nitrogens with one attached hydrogen (secondary N) is 1. The first-order valence-electron chi connectivity index (χ1n) is 4.30. The summed E-state index contributed by atoms with van der Waals surface area (Å²) in [7, 11) is 1.64. The number of hydrogen-bond acceptors (Lipinski definition) is 2. The van der Waals surface area contributed by atoms with Crippen LogP contribution in [-0.2, 0) is 7.05 Å². The van der Waals surface area contributed by atoms with Crippen molar-refractivity contribution in [1.29, 1.82) is 0 Å². The summed E-state index contributed by atoms with van der Waals surface area (Å²) in [5.41, 5.74) is 0.840. The minimum atomic E-state index is -0.381. The number of H-pyrrole nitrogens is 1. The summed E-state index contributed by atoms with van der Waals surface area (Å²) in [5, 5.41) is 0.578. The third-order valence-corrected chi connectivity index (χ3v) is 2.36. The monoisotopic (exact) mass is 190 g/mol. The predicted octanol–water partition coefficient (Wildman–Crippen LogP) is 0.535. The highest BCUT2D eigenvalue weighted by molar-refractivity contribution is 5.81. The maximum Gasteiger partial charge on any atom is 0.328 e. The largest absolute Gasteiger partial charge is 0.328 e. The molecule has 0 atom stereocenters. The third-order valence-electron chi connectivity index (χ3n) is 2.36. The molecule has 4 nitrogen and oxygen atoms in total. The fraction of sp³-hybridized carbons (Fsp3) is 0.200. The normalized spacial score (nSPS) is 10.7. The molecule has 0 aliphatic heterocycles. The molecule has 14 heavy (non-hydrogen) atoms. The first-order chi connectivity index (χ1) is 6.61. The Bertz CT molecular complexity index is 608. The van der Waals surface area contributed by atoms with Crippen LogP contribution in [0.25, 0.3) is 10.9 Å². The lowest BCUT2D eigenvalue weighted by Crippen LogP contribution is -2.28. The van der Waals surface area contributed by atoms with Crippen molar-refractivity contribution in [2.75, 3.05) is 0 Å². The molecule has 0 bridgehead atoms. The number of nitrogens with zero attached hydrogens (tertiary/aromatic N) is 1. The van der Waals surface area contributed by atoms with Gasteiger partial charge < -0.3 is 0 Å². The van der Waals surface area contributed by atoms with Crippen LogP contribution in [0.4, 0.5) is 0 Å². The van der Waals surface area contributed by atoms with E-state index in [1.54, 1.807) is 13.1 Å². The summed E-state index contributed by atoms with van der Waals surface area (Å²) < 4.78 is 1.43. The summed E-state index contributed by atoms with van der Waals surface area (Å²) in [5.74, 6) is 0. The molecule has 2 rings (SSSR count). The molecule has 0 aliphatic rings.